The maximum atomic E-state index is 12.2. The lowest BCUT2D eigenvalue weighted by Gasteiger charge is -2.27. The second-order valence-electron chi connectivity index (χ2n) is 6.73. The molecule has 6 nitrogen and oxygen atoms in total. The Morgan fingerprint density at radius 1 is 1.32 bits per heavy atom. The van der Waals surface area contributed by atoms with Crippen LogP contribution in [0.15, 0.2) is 0 Å². The lowest BCUT2D eigenvalue weighted by Crippen LogP contribution is -2.40. The van der Waals surface area contributed by atoms with E-state index in [0.717, 1.165) is 26.5 Å². The molecule has 0 aromatic rings. The van der Waals surface area contributed by atoms with Crippen molar-refractivity contribution in [2.24, 2.45) is 0 Å². The summed E-state index contributed by atoms with van der Waals surface area (Å²) >= 11 is 0. The molecule has 132 valence electrons. The first-order valence-electron chi connectivity index (χ1n) is 7.93. The Labute approximate surface area is 135 Å². The second kappa shape index (κ2) is 10.0. The topological polar surface area (TPSA) is 62.2 Å². The minimum atomic E-state index is -0.445. The number of rotatable bonds is 5. The van der Waals surface area contributed by atoms with E-state index in [4.69, 9.17) is 14.6 Å². The molecule has 1 saturated heterocycles. The number of amides is 1. The van der Waals surface area contributed by atoms with E-state index in [1.54, 1.807) is 0 Å². The van der Waals surface area contributed by atoms with Crippen molar-refractivity contribution in [1.29, 1.82) is 0 Å². The molecule has 22 heavy (non-hydrogen) atoms. The van der Waals surface area contributed by atoms with Crippen molar-refractivity contribution in [3.63, 3.8) is 0 Å². The van der Waals surface area contributed by atoms with Crippen LogP contribution in [0.5, 0.6) is 0 Å². The number of hydrogen-bond acceptors (Lipinski definition) is 5. The van der Waals surface area contributed by atoms with Crippen molar-refractivity contribution < 1.29 is 19.4 Å². The van der Waals surface area contributed by atoms with Crippen LogP contribution in [-0.4, -0.2) is 79.6 Å². The van der Waals surface area contributed by atoms with Crippen LogP contribution in [-0.2, 0) is 9.47 Å². The number of aliphatic hydroxyl groups is 1. The molecular weight excluding hydrogens is 284 g/mol. The average molecular weight is 318 g/mol. The van der Waals surface area contributed by atoms with E-state index >= 15 is 0 Å². The third kappa shape index (κ3) is 7.96. The molecule has 1 fully saturated rings. The van der Waals surface area contributed by atoms with E-state index in [2.05, 4.69) is 11.8 Å². The number of carbonyl (C=O) groups is 1. The molecule has 1 unspecified atom stereocenters. The largest absolute Gasteiger partial charge is 0.444 e. The highest BCUT2D eigenvalue weighted by Crippen LogP contribution is 2.25. The van der Waals surface area contributed by atoms with Crippen molar-refractivity contribution in [3.8, 4) is 0 Å². The van der Waals surface area contributed by atoms with Gasteiger partial charge < -0.3 is 24.4 Å². The van der Waals surface area contributed by atoms with Crippen LogP contribution in [0.25, 0.3) is 0 Å². The van der Waals surface area contributed by atoms with E-state index in [9.17, 15) is 4.79 Å². The van der Waals surface area contributed by atoms with Crippen LogP contribution in [0.2, 0.25) is 0 Å². The first-order chi connectivity index (χ1) is 10.2. The van der Waals surface area contributed by atoms with Gasteiger partial charge in [-0.1, -0.05) is 6.92 Å². The molecule has 1 heterocycles. The Kier molecular flexibility index (Phi) is 9.64. The number of nitrogens with zero attached hydrogens (tertiary/aromatic N) is 2. The monoisotopic (exact) mass is 318 g/mol. The molecule has 0 spiro atoms. The molecular formula is C16H34N2O4. The number of aliphatic hydroxyl groups excluding tert-OH is 1. The first-order valence-corrected chi connectivity index (χ1v) is 7.93. The SMILES string of the molecule is CC[C@@H]1CC(OCCN(C)C)CN1C(=O)OC(C)(C)C.CO. The zero-order chi connectivity index (χ0) is 17.3. The van der Waals surface area contributed by atoms with Gasteiger partial charge in [-0.15, -0.1) is 0 Å². The van der Waals surface area contributed by atoms with Gasteiger partial charge in [0.1, 0.15) is 5.60 Å². The number of likely N-dealkylation sites (tertiary alicyclic amines) is 1. The molecule has 1 rings (SSSR count). The highest BCUT2D eigenvalue weighted by molar-refractivity contribution is 5.69. The molecule has 6 heteroatoms. The van der Waals surface area contributed by atoms with Crippen LogP contribution in [0.1, 0.15) is 40.5 Å². The number of carbonyl (C=O) groups excluding carboxylic acids is 1. The van der Waals surface area contributed by atoms with Gasteiger partial charge >= 0.3 is 6.09 Å². The van der Waals surface area contributed by atoms with Gasteiger partial charge in [-0.05, 0) is 47.7 Å². The molecule has 1 amide bonds. The Balaban J connectivity index is 0.00000211. The minimum Gasteiger partial charge on any atom is -0.444 e. The summed E-state index contributed by atoms with van der Waals surface area (Å²) < 4.78 is 11.3. The third-order valence-corrected chi connectivity index (χ3v) is 3.37. The summed E-state index contributed by atoms with van der Waals surface area (Å²) in [5.74, 6) is 0. The molecule has 2 atom stereocenters. The summed E-state index contributed by atoms with van der Waals surface area (Å²) in [7, 11) is 5.06. The summed E-state index contributed by atoms with van der Waals surface area (Å²) in [4.78, 5) is 16.1. The van der Waals surface area contributed by atoms with Crippen molar-refractivity contribution in [1.82, 2.24) is 9.80 Å². The van der Waals surface area contributed by atoms with Crippen LogP contribution in [0.3, 0.4) is 0 Å². The van der Waals surface area contributed by atoms with Gasteiger partial charge in [-0.25, -0.2) is 4.79 Å². The molecule has 0 radical (unpaired) electrons. The van der Waals surface area contributed by atoms with E-state index in [1.807, 2.05) is 39.8 Å². The first kappa shape index (κ1) is 21.1. The molecule has 1 aliphatic heterocycles. The third-order valence-electron chi connectivity index (χ3n) is 3.37. The summed E-state index contributed by atoms with van der Waals surface area (Å²) in [6, 6.07) is 0.231. The fourth-order valence-corrected chi connectivity index (χ4v) is 2.33. The fourth-order valence-electron chi connectivity index (χ4n) is 2.33. The Morgan fingerprint density at radius 2 is 1.91 bits per heavy atom. The zero-order valence-electron chi connectivity index (χ0n) is 15.3. The smallest absolute Gasteiger partial charge is 0.410 e. The number of ether oxygens (including phenoxy) is 2. The molecule has 0 aliphatic carbocycles. The van der Waals surface area contributed by atoms with Gasteiger partial charge in [-0.3, -0.25) is 0 Å². The maximum Gasteiger partial charge on any atom is 0.410 e. The predicted octanol–water partition coefficient (Wildman–Crippen LogP) is 1.96. The van der Waals surface area contributed by atoms with Gasteiger partial charge in [0, 0.05) is 19.7 Å². The van der Waals surface area contributed by atoms with Crippen molar-refractivity contribution in [3.05, 3.63) is 0 Å². The Hall–Kier alpha value is -0.850. The zero-order valence-corrected chi connectivity index (χ0v) is 15.3. The van der Waals surface area contributed by atoms with Crippen LogP contribution >= 0.6 is 0 Å². The second-order valence-corrected chi connectivity index (χ2v) is 6.73. The molecule has 0 bridgehead atoms. The van der Waals surface area contributed by atoms with Gasteiger partial charge in [0.05, 0.1) is 19.3 Å². The Bertz CT molecular complexity index is 316. The fraction of sp³-hybridized carbons (Fsp3) is 0.938. The van der Waals surface area contributed by atoms with E-state index in [-0.39, 0.29) is 18.2 Å². The van der Waals surface area contributed by atoms with E-state index in [0.29, 0.717) is 13.2 Å². The molecule has 1 N–H and O–H groups in total. The molecule has 0 saturated carbocycles. The number of hydrogen-bond donors (Lipinski definition) is 1. The van der Waals surface area contributed by atoms with Gasteiger partial charge in [0.2, 0.25) is 0 Å². The van der Waals surface area contributed by atoms with Gasteiger partial charge in [0.15, 0.2) is 0 Å². The van der Waals surface area contributed by atoms with Crippen molar-refractivity contribution >= 4 is 6.09 Å². The molecule has 0 aromatic carbocycles. The molecule has 1 aliphatic rings. The van der Waals surface area contributed by atoms with Crippen LogP contribution < -0.4 is 0 Å². The summed E-state index contributed by atoms with van der Waals surface area (Å²) in [6.45, 7) is 10.0. The standard InChI is InChI=1S/C15H30N2O3.CH4O/c1-7-12-10-13(19-9-8-16(5)6)11-17(12)14(18)20-15(2,3)4;1-2/h12-13H,7-11H2,1-6H3;2H,1H3/t12-,13?;/m1./s1. The lowest BCUT2D eigenvalue weighted by molar-refractivity contribution is 0.0156. The normalized spacial score (nSPS) is 21.6. The van der Waals surface area contributed by atoms with Crippen LogP contribution in [0.4, 0.5) is 4.79 Å². The maximum absolute atomic E-state index is 12.2. The quantitative estimate of drug-likeness (QED) is 0.839. The lowest BCUT2D eigenvalue weighted by atomic mass is 10.1. The van der Waals surface area contributed by atoms with Crippen molar-refractivity contribution in [2.75, 3.05) is 40.9 Å². The van der Waals surface area contributed by atoms with Gasteiger partial charge in [0.25, 0.3) is 0 Å². The minimum absolute atomic E-state index is 0.132. The highest BCUT2D eigenvalue weighted by atomic mass is 16.6. The van der Waals surface area contributed by atoms with E-state index in [1.165, 1.54) is 0 Å². The molecule has 0 aromatic heterocycles. The highest BCUT2D eigenvalue weighted by Gasteiger charge is 2.36. The van der Waals surface area contributed by atoms with Gasteiger partial charge in [-0.2, -0.15) is 0 Å². The van der Waals surface area contributed by atoms with Crippen molar-refractivity contribution in [2.45, 2.75) is 58.3 Å². The van der Waals surface area contributed by atoms with E-state index < -0.39 is 5.60 Å². The predicted molar refractivity (Wildman–Crippen MR) is 88.1 cm³/mol. The van der Waals surface area contributed by atoms with Crippen LogP contribution in [0, 0.1) is 0 Å². The summed E-state index contributed by atoms with van der Waals surface area (Å²) in [5, 5.41) is 7.00. The summed E-state index contributed by atoms with van der Waals surface area (Å²) in [6.07, 6.45) is 1.76. The summed E-state index contributed by atoms with van der Waals surface area (Å²) in [5.41, 5.74) is -0.445. The Morgan fingerprint density at radius 3 is 2.36 bits per heavy atom. The average Bonchev–Trinajstić information content (AvgIpc) is 2.82. The number of likely N-dealkylation sites (N-methyl/N-ethyl adjacent to an activating group) is 1.